The number of nitrogens with one attached hydrogen (secondary N) is 1. The second-order valence-corrected chi connectivity index (χ2v) is 6.66. The molecular weight excluding hydrogens is 334 g/mol. The number of hydrogen-bond donors (Lipinski definition) is 1. The molecule has 1 N–H and O–H groups in total. The van der Waals surface area contributed by atoms with Gasteiger partial charge in [0.25, 0.3) is 0 Å². The van der Waals surface area contributed by atoms with Gasteiger partial charge in [0.2, 0.25) is 0 Å². The van der Waals surface area contributed by atoms with Crippen LogP contribution < -0.4 is 5.32 Å². The first-order chi connectivity index (χ1) is 10.2. The maximum atomic E-state index is 4.44. The molecule has 3 rings (SSSR count). The second kappa shape index (κ2) is 7.63. The molecule has 2 heterocycles. The summed E-state index contributed by atoms with van der Waals surface area (Å²) in [6, 6.07) is 12.5. The fraction of sp³-hybridized carbons (Fsp3) is 0.125. The molecule has 0 spiro atoms. The Hall–Kier alpha value is -1.56. The lowest BCUT2D eigenvalue weighted by molar-refractivity contribution is 1.20. The molecule has 0 aliphatic carbocycles. The van der Waals surface area contributed by atoms with Crippen molar-refractivity contribution in [3.8, 4) is 0 Å². The van der Waals surface area contributed by atoms with E-state index in [1.165, 1.54) is 10.5 Å². The number of aromatic nitrogens is 2. The Kier molecular flexibility index (Phi) is 5.83. The summed E-state index contributed by atoms with van der Waals surface area (Å²) in [5.41, 5.74) is 2.28. The standard InChI is InChI=1S/C16H15N3S2.ClH/c1-11-5-3-6-13(9-11)21-14-7-4-8-17-15(14)19-16-18-12(2)10-20-16;/h3-10H,1-2H3,(H,17,18,19);1H. The van der Waals surface area contributed by atoms with E-state index in [9.17, 15) is 0 Å². The molecule has 0 fully saturated rings. The summed E-state index contributed by atoms with van der Waals surface area (Å²) in [6.07, 6.45) is 1.79. The van der Waals surface area contributed by atoms with Crippen molar-refractivity contribution < 1.29 is 0 Å². The molecule has 6 heteroatoms. The molecule has 0 aliphatic rings. The molecule has 3 nitrogen and oxygen atoms in total. The number of nitrogens with zero attached hydrogens (tertiary/aromatic N) is 2. The van der Waals surface area contributed by atoms with Gasteiger partial charge in [0, 0.05) is 16.5 Å². The van der Waals surface area contributed by atoms with Crippen LogP contribution in [0.4, 0.5) is 10.9 Å². The van der Waals surface area contributed by atoms with Gasteiger partial charge in [-0.2, -0.15) is 0 Å². The number of pyridine rings is 1. The number of anilines is 2. The van der Waals surface area contributed by atoms with E-state index in [2.05, 4.69) is 52.5 Å². The van der Waals surface area contributed by atoms with Crippen molar-refractivity contribution in [2.75, 3.05) is 5.32 Å². The number of thiazole rings is 1. The summed E-state index contributed by atoms with van der Waals surface area (Å²) < 4.78 is 0. The van der Waals surface area contributed by atoms with Crippen LogP contribution in [0, 0.1) is 13.8 Å². The maximum absolute atomic E-state index is 4.44. The molecule has 1 aromatic carbocycles. The Balaban J connectivity index is 0.00000176. The van der Waals surface area contributed by atoms with E-state index in [0.717, 1.165) is 21.5 Å². The Bertz CT molecular complexity index is 758. The van der Waals surface area contributed by atoms with Gasteiger partial charge in [-0.3, -0.25) is 0 Å². The first kappa shape index (κ1) is 16.8. The van der Waals surface area contributed by atoms with Crippen molar-refractivity contribution >= 4 is 46.5 Å². The van der Waals surface area contributed by atoms with Crippen LogP contribution in [-0.4, -0.2) is 9.97 Å². The Morgan fingerprint density at radius 3 is 2.73 bits per heavy atom. The van der Waals surface area contributed by atoms with E-state index in [-0.39, 0.29) is 12.4 Å². The smallest absolute Gasteiger partial charge is 0.188 e. The first-order valence-electron chi connectivity index (χ1n) is 6.59. The molecule has 0 saturated carbocycles. The van der Waals surface area contributed by atoms with Gasteiger partial charge in [-0.25, -0.2) is 9.97 Å². The van der Waals surface area contributed by atoms with E-state index in [1.54, 1.807) is 29.3 Å². The Morgan fingerprint density at radius 1 is 1.14 bits per heavy atom. The second-order valence-electron chi connectivity index (χ2n) is 4.69. The predicted molar refractivity (Wildman–Crippen MR) is 96.9 cm³/mol. The van der Waals surface area contributed by atoms with Gasteiger partial charge < -0.3 is 5.32 Å². The van der Waals surface area contributed by atoms with Gasteiger partial charge >= 0.3 is 0 Å². The third-order valence-corrected chi connectivity index (χ3v) is 4.75. The van der Waals surface area contributed by atoms with Crippen LogP contribution >= 0.6 is 35.5 Å². The van der Waals surface area contributed by atoms with Crippen LogP contribution in [0.3, 0.4) is 0 Å². The third-order valence-electron chi connectivity index (χ3n) is 2.83. The number of benzene rings is 1. The molecule has 0 bridgehead atoms. The number of rotatable bonds is 4. The van der Waals surface area contributed by atoms with Crippen LogP contribution in [0.15, 0.2) is 57.8 Å². The van der Waals surface area contributed by atoms with Gasteiger partial charge in [0.05, 0.1) is 10.6 Å². The lowest BCUT2D eigenvalue weighted by Gasteiger charge is -2.08. The average molecular weight is 350 g/mol. The molecular formula is C16H16ClN3S2. The molecule has 2 aromatic heterocycles. The topological polar surface area (TPSA) is 37.8 Å². The van der Waals surface area contributed by atoms with Crippen molar-refractivity contribution in [1.29, 1.82) is 0 Å². The molecule has 0 amide bonds. The van der Waals surface area contributed by atoms with E-state index >= 15 is 0 Å². The predicted octanol–water partition coefficient (Wildman–Crippen LogP) is 5.47. The summed E-state index contributed by atoms with van der Waals surface area (Å²) in [5, 5.41) is 6.20. The van der Waals surface area contributed by atoms with Gasteiger partial charge in [-0.1, -0.05) is 29.5 Å². The quantitative estimate of drug-likeness (QED) is 0.677. The lowest BCUT2D eigenvalue weighted by Crippen LogP contribution is -1.95. The largest absolute Gasteiger partial charge is 0.315 e. The normalized spacial score (nSPS) is 10.1. The highest BCUT2D eigenvalue weighted by molar-refractivity contribution is 7.99. The van der Waals surface area contributed by atoms with Crippen molar-refractivity contribution in [3.05, 3.63) is 59.2 Å². The van der Waals surface area contributed by atoms with E-state index in [4.69, 9.17) is 0 Å². The lowest BCUT2D eigenvalue weighted by atomic mass is 10.2. The fourth-order valence-electron chi connectivity index (χ4n) is 1.89. The Labute approximate surface area is 144 Å². The highest BCUT2D eigenvalue weighted by atomic mass is 35.5. The highest BCUT2D eigenvalue weighted by Gasteiger charge is 2.07. The average Bonchev–Trinajstić information content (AvgIpc) is 2.86. The molecule has 22 heavy (non-hydrogen) atoms. The van der Waals surface area contributed by atoms with Crippen molar-refractivity contribution in [3.63, 3.8) is 0 Å². The summed E-state index contributed by atoms with van der Waals surface area (Å²) in [4.78, 5) is 11.2. The van der Waals surface area contributed by atoms with Crippen molar-refractivity contribution in [1.82, 2.24) is 9.97 Å². The maximum Gasteiger partial charge on any atom is 0.188 e. The van der Waals surface area contributed by atoms with E-state index in [1.807, 2.05) is 18.4 Å². The summed E-state index contributed by atoms with van der Waals surface area (Å²) in [5.74, 6) is 0.846. The molecule has 0 radical (unpaired) electrons. The van der Waals surface area contributed by atoms with E-state index < -0.39 is 0 Å². The number of hydrogen-bond acceptors (Lipinski definition) is 5. The molecule has 0 aliphatic heterocycles. The zero-order chi connectivity index (χ0) is 14.7. The number of aryl methyl sites for hydroxylation is 2. The first-order valence-corrected chi connectivity index (χ1v) is 8.29. The minimum Gasteiger partial charge on any atom is -0.315 e. The van der Waals surface area contributed by atoms with Crippen LogP contribution in [0.2, 0.25) is 0 Å². The monoisotopic (exact) mass is 349 g/mol. The summed E-state index contributed by atoms with van der Waals surface area (Å²) in [7, 11) is 0. The molecule has 114 valence electrons. The minimum absolute atomic E-state index is 0. The third kappa shape index (κ3) is 4.22. The van der Waals surface area contributed by atoms with Crippen LogP contribution in [-0.2, 0) is 0 Å². The van der Waals surface area contributed by atoms with Crippen molar-refractivity contribution in [2.45, 2.75) is 23.6 Å². The minimum atomic E-state index is 0. The Morgan fingerprint density at radius 2 is 2.00 bits per heavy atom. The molecule has 3 aromatic rings. The van der Waals surface area contributed by atoms with Crippen molar-refractivity contribution in [2.24, 2.45) is 0 Å². The van der Waals surface area contributed by atoms with Gasteiger partial charge in [-0.15, -0.1) is 23.7 Å². The zero-order valence-corrected chi connectivity index (χ0v) is 14.7. The summed E-state index contributed by atoms with van der Waals surface area (Å²) in [6.45, 7) is 4.09. The van der Waals surface area contributed by atoms with Crippen LogP contribution in [0.25, 0.3) is 0 Å². The molecule has 0 atom stereocenters. The highest BCUT2D eigenvalue weighted by Crippen LogP contribution is 2.34. The van der Waals surface area contributed by atoms with Gasteiger partial charge in [0.15, 0.2) is 5.13 Å². The molecule has 0 saturated heterocycles. The van der Waals surface area contributed by atoms with E-state index in [0.29, 0.717) is 0 Å². The SMILES string of the molecule is Cc1cccc(Sc2cccnc2Nc2nc(C)cs2)c1.Cl. The van der Waals surface area contributed by atoms with Gasteiger partial charge in [-0.05, 0) is 38.1 Å². The number of halogens is 1. The molecule has 0 unspecified atom stereocenters. The van der Waals surface area contributed by atoms with Crippen LogP contribution in [0.5, 0.6) is 0 Å². The van der Waals surface area contributed by atoms with Gasteiger partial charge in [0.1, 0.15) is 5.82 Å². The fourth-order valence-corrected chi connectivity index (χ4v) is 3.56. The zero-order valence-electron chi connectivity index (χ0n) is 12.2. The van der Waals surface area contributed by atoms with Crippen LogP contribution in [0.1, 0.15) is 11.3 Å². The summed E-state index contributed by atoms with van der Waals surface area (Å²) >= 11 is 3.30.